The van der Waals surface area contributed by atoms with Crippen LogP contribution >= 0.6 is 0 Å². The van der Waals surface area contributed by atoms with Crippen molar-refractivity contribution >= 4 is 11.0 Å². The smallest absolute Gasteiger partial charge is 0.340 e. The zero-order valence-electron chi connectivity index (χ0n) is 8.77. The van der Waals surface area contributed by atoms with Crippen molar-refractivity contribution in [2.75, 3.05) is 7.11 Å². The number of fused-ring (bicyclic) bond motifs is 1. The third-order valence-electron chi connectivity index (χ3n) is 2.33. The van der Waals surface area contributed by atoms with E-state index < -0.39 is 5.63 Å². The molecule has 0 aliphatic carbocycles. The fraction of sp³-hybridized carbons (Fsp3) is 0.182. The molecule has 1 heterocycles. The summed E-state index contributed by atoms with van der Waals surface area (Å²) in [5.41, 5.74) is -0.0622. The fourth-order valence-corrected chi connectivity index (χ4v) is 1.68. The molecule has 2 N–H and O–H groups in total. The second-order valence-corrected chi connectivity index (χ2v) is 3.40. The molecule has 1 aromatic heterocycles. The number of hydrogen-bond donors (Lipinski definition) is 2. The third-order valence-corrected chi connectivity index (χ3v) is 2.33. The maximum Gasteiger partial charge on any atom is 0.340 e. The SMILES string of the molecule is COc1c(O)cc(C)c2c(O)cc(=O)oc12. The van der Waals surface area contributed by atoms with E-state index in [0.29, 0.717) is 10.9 Å². The minimum absolute atomic E-state index is 0.0357. The van der Waals surface area contributed by atoms with Gasteiger partial charge >= 0.3 is 5.63 Å². The van der Waals surface area contributed by atoms with E-state index in [-0.39, 0.29) is 22.8 Å². The molecule has 5 nitrogen and oxygen atoms in total. The van der Waals surface area contributed by atoms with Crippen LogP contribution in [0.1, 0.15) is 5.56 Å². The number of rotatable bonds is 1. The number of ether oxygens (including phenoxy) is 1. The number of aromatic hydroxyl groups is 2. The molecule has 0 spiro atoms. The lowest BCUT2D eigenvalue weighted by molar-refractivity contribution is 0.367. The highest BCUT2D eigenvalue weighted by Gasteiger charge is 2.16. The molecule has 0 fully saturated rings. The molecule has 0 atom stereocenters. The van der Waals surface area contributed by atoms with Crippen LogP contribution < -0.4 is 10.4 Å². The van der Waals surface area contributed by atoms with E-state index in [4.69, 9.17) is 9.15 Å². The van der Waals surface area contributed by atoms with Gasteiger partial charge in [-0.05, 0) is 18.6 Å². The standard InChI is InChI=1S/C11H10O5/c1-5-3-7(13)10(15-2)11-9(5)6(12)4-8(14)16-11/h3-4,12-13H,1-2H3. The van der Waals surface area contributed by atoms with Crippen LogP contribution in [-0.2, 0) is 0 Å². The number of phenols is 1. The molecular weight excluding hydrogens is 212 g/mol. The third kappa shape index (κ3) is 1.37. The van der Waals surface area contributed by atoms with Gasteiger partial charge in [-0.25, -0.2) is 4.79 Å². The summed E-state index contributed by atoms with van der Waals surface area (Å²) in [7, 11) is 1.34. The second-order valence-electron chi connectivity index (χ2n) is 3.40. The molecule has 84 valence electrons. The number of aryl methyl sites for hydroxylation is 1. The normalized spacial score (nSPS) is 10.6. The van der Waals surface area contributed by atoms with Crippen LogP contribution in [0.25, 0.3) is 11.0 Å². The van der Waals surface area contributed by atoms with Gasteiger partial charge in [0.05, 0.1) is 18.6 Å². The van der Waals surface area contributed by atoms with Crippen LogP contribution in [0, 0.1) is 6.92 Å². The largest absolute Gasteiger partial charge is 0.507 e. The zero-order valence-corrected chi connectivity index (χ0v) is 8.77. The summed E-state index contributed by atoms with van der Waals surface area (Å²) in [4.78, 5) is 11.1. The summed E-state index contributed by atoms with van der Waals surface area (Å²) in [6.07, 6.45) is 0. The van der Waals surface area contributed by atoms with Gasteiger partial charge in [0, 0.05) is 0 Å². The van der Waals surface area contributed by atoms with Crippen molar-refractivity contribution in [1.82, 2.24) is 0 Å². The minimum atomic E-state index is -0.701. The number of methoxy groups -OCH3 is 1. The molecule has 0 amide bonds. The molecule has 0 aliphatic heterocycles. The summed E-state index contributed by atoms with van der Waals surface area (Å²) in [5.74, 6) is -0.295. The Labute approximate surface area is 90.5 Å². The lowest BCUT2D eigenvalue weighted by Crippen LogP contribution is -1.98. The molecule has 5 heteroatoms. The van der Waals surface area contributed by atoms with E-state index in [0.717, 1.165) is 6.07 Å². The van der Waals surface area contributed by atoms with Gasteiger partial charge in [0.1, 0.15) is 5.75 Å². The molecule has 0 unspecified atom stereocenters. The van der Waals surface area contributed by atoms with Crippen LogP contribution in [0.4, 0.5) is 0 Å². The predicted octanol–water partition coefficient (Wildman–Crippen LogP) is 1.52. The first-order valence-corrected chi connectivity index (χ1v) is 4.58. The van der Waals surface area contributed by atoms with Gasteiger partial charge in [-0.1, -0.05) is 0 Å². The highest BCUT2D eigenvalue weighted by molar-refractivity contribution is 5.92. The van der Waals surface area contributed by atoms with Crippen LogP contribution in [0.5, 0.6) is 17.2 Å². The maximum atomic E-state index is 11.1. The molecular formula is C11H10O5. The summed E-state index contributed by atoms with van der Waals surface area (Å²) in [6, 6.07) is 2.41. The summed E-state index contributed by atoms with van der Waals surface area (Å²) in [5, 5.41) is 19.6. The molecule has 0 saturated carbocycles. The highest BCUT2D eigenvalue weighted by atomic mass is 16.5. The Bertz CT molecular complexity index is 612. The van der Waals surface area contributed by atoms with E-state index in [9.17, 15) is 15.0 Å². The summed E-state index contributed by atoms with van der Waals surface area (Å²) >= 11 is 0. The second kappa shape index (κ2) is 3.44. The van der Waals surface area contributed by atoms with Crippen molar-refractivity contribution in [3.63, 3.8) is 0 Å². The fourth-order valence-electron chi connectivity index (χ4n) is 1.68. The molecule has 0 aliphatic rings. The van der Waals surface area contributed by atoms with Crippen molar-refractivity contribution in [2.24, 2.45) is 0 Å². The van der Waals surface area contributed by atoms with E-state index in [1.807, 2.05) is 0 Å². The Hall–Kier alpha value is -2.17. The van der Waals surface area contributed by atoms with Gasteiger partial charge in [-0.2, -0.15) is 0 Å². The Morgan fingerprint density at radius 1 is 1.25 bits per heavy atom. The first kappa shape index (κ1) is 10.4. The topological polar surface area (TPSA) is 79.9 Å². The van der Waals surface area contributed by atoms with Crippen molar-refractivity contribution in [1.29, 1.82) is 0 Å². The molecule has 0 radical (unpaired) electrons. The van der Waals surface area contributed by atoms with Gasteiger partial charge < -0.3 is 19.4 Å². The van der Waals surface area contributed by atoms with E-state index in [1.165, 1.54) is 13.2 Å². The number of hydrogen-bond acceptors (Lipinski definition) is 5. The molecule has 2 aromatic rings. The average Bonchev–Trinajstić information content (AvgIpc) is 2.15. The van der Waals surface area contributed by atoms with Gasteiger partial charge in [0.25, 0.3) is 0 Å². The Morgan fingerprint density at radius 2 is 1.94 bits per heavy atom. The molecule has 0 bridgehead atoms. The summed E-state index contributed by atoms with van der Waals surface area (Å²) in [6.45, 7) is 1.68. The highest BCUT2D eigenvalue weighted by Crippen LogP contribution is 2.39. The van der Waals surface area contributed by atoms with E-state index >= 15 is 0 Å². The van der Waals surface area contributed by atoms with E-state index in [1.54, 1.807) is 6.92 Å². The molecule has 0 saturated heterocycles. The first-order chi connectivity index (χ1) is 7.54. The maximum absolute atomic E-state index is 11.1. The van der Waals surface area contributed by atoms with Gasteiger partial charge in [-0.15, -0.1) is 0 Å². The molecule has 1 aromatic carbocycles. The monoisotopic (exact) mass is 222 g/mol. The van der Waals surface area contributed by atoms with Crippen LogP contribution in [-0.4, -0.2) is 17.3 Å². The lowest BCUT2D eigenvalue weighted by atomic mass is 10.1. The van der Waals surface area contributed by atoms with Gasteiger partial charge in [0.2, 0.25) is 5.75 Å². The Morgan fingerprint density at radius 3 is 2.56 bits per heavy atom. The van der Waals surface area contributed by atoms with Crippen LogP contribution in [0.2, 0.25) is 0 Å². The van der Waals surface area contributed by atoms with E-state index in [2.05, 4.69) is 0 Å². The Balaban J connectivity index is 3.05. The van der Waals surface area contributed by atoms with Crippen molar-refractivity contribution in [3.8, 4) is 17.2 Å². The predicted molar refractivity (Wildman–Crippen MR) is 57.1 cm³/mol. The minimum Gasteiger partial charge on any atom is -0.507 e. The zero-order chi connectivity index (χ0) is 11.9. The first-order valence-electron chi connectivity index (χ1n) is 4.58. The van der Waals surface area contributed by atoms with Crippen molar-refractivity contribution in [3.05, 3.63) is 28.1 Å². The number of phenolic OH excluding ortho intramolecular Hbond substituents is 1. The van der Waals surface area contributed by atoms with Gasteiger partial charge in [0.15, 0.2) is 11.3 Å². The lowest BCUT2D eigenvalue weighted by Gasteiger charge is -2.09. The summed E-state index contributed by atoms with van der Waals surface area (Å²) < 4.78 is 9.86. The van der Waals surface area contributed by atoms with Crippen molar-refractivity contribution in [2.45, 2.75) is 6.92 Å². The quantitative estimate of drug-likeness (QED) is 0.715. The van der Waals surface area contributed by atoms with Crippen LogP contribution in [0.3, 0.4) is 0 Å². The molecule has 16 heavy (non-hydrogen) atoms. The average molecular weight is 222 g/mol. The Kier molecular flexibility index (Phi) is 2.23. The van der Waals surface area contributed by atoms with Gasteiger partial charge in [-0.3, -0.25) is 0 Å². The number of benzene rings is 1. The molecule has 2 rings (SSSR count). The van der Waals surface area contributed by atoms with Crippen molar-refractivity contribution < 1.29 is 19.4 Å². The van der Waals surface area contributed by atoms with Crippen LogP contribution in [0.15, 0.2) is 21.3 Å².